The average molecular weight is 242 g/mol. The van der Waals surface area contributed by atoms with Crippen molar-refractivity contribution in [3.8, 4) is 0 Å². The van der Waals surface area contributed by atoms with E-state index < -0.39 is 12.7 Å². The van der Waals surface area contributed by atoms with Gasteiger partial charge in [-0.15, -0.1) is 0 Å². The van der Waals surface area contributed by atoms with E-state index in [0.29, 0.717) is 13.2 Å². The predicted molar refractivity (Wildman–Crippen MR) is 57.5 cm³/mol. The number of methoxy groups -OCH3 is 1. The minimum absolute atomic E-state index is 0.135. The Hall–Kier alpha value is -0.330. The number of ether oxygens (including phenoxy) is 1. The van der Waals surface area contributed by atoms with Gasteiger partial charge < -0.3 is 10.1 Å². The summed E-state index contributed by atoms with van der Waals surface area (Å²) in [7, 11) is 3.11. The molecule has 0 spiro atoms. The van der Waals surface area contributed by atoms with Crippen LogP contribution < -0.4 is 5.32 Å². The maximum atomic E-state index is 12.1. The highest BCUT2D eigenvalue weighted by molar-refractivity contribution is 4.69. The van der Waals surface area contributed by atoms with Crippen molar-refractivity contribution in [1.82, 2.24) is 10.2 Å². The molecule has 0 aliphatic rings. The van der Waals surface area contributed by atoms with Gasteiger partial charge >= 0.3 is 6.18 Å². The molecule has 1 N–H and O–H groups in total. The Bertz CT molecular complexity index is 176. The molecule has 0 amide bonds. The van der Waals surface area contributed by atoms with Gasteiger partial charge in [-0.25, -0.2) is 0 Å². The predicted octanol–water partition coefficient (Wildman–Crippen LogP) is 1.50. The minimum atomic E-state index is -4.13. The highest BCUT2D eigenvalue weighted by Gasteiger charge is 2.30. The molecule has 0 radical (unpaired) electrons. The smallest absolute Gasteiger partial charge is 0.385 e. The van der Waals surface area contributed by atoms with E-state index in [0.717, 1.165) is 13.0 Å². The summed E-state index contributed by atoms with van der Waals surface area (Å²) >= 11 is 0. The van der Waals surface area contributed by atoms with Crippen LogP contribution in [0.1, 0.15) is 13.3 Å². The standard InChI is InChI=1S/C10H21F3N2O/c1-9(7-14-5-4-6-16-3)15(2)8-10(11,12)13/h9,14H,4-8H2,1-3H3. The molecule has 6 heteroatoms. The Morgan fingerprint density at radius 1 is 1.38 bits per heavy atom. The van der Waals surface area contributed by atoms with E-state index in [1.165, 1.54) is 11.9 Å². The van der Waals surface area contributed by atoms with Crippen LogP contribution in [-0.2, 0) is 4.74 Å². The van der Waals surface area contributed by atoms with E-state index in [4.69, 9.17) is 4.74 Å². The fraction of sp³-hybridized carbons (Fsp3) is 1.00. The first kappa shape index (κ1) is 15.7. The molecule has 0 fully saturated rings. The van der Waals surface area contributed by atoms with Crippen molar-refractivity contribution in [3.63, 3.8) is 0 Å². The quantitative estimate of drug-likeness (QED) is 0.653. The Labute approximate surface area is 94.9 Å². The van der Waals surface area contributed by atoms with E-state index in [2.05, 4.69) is 5.32 Å². The Balaban J connectivity index is 3.59. The van der Waals surface area contributed by atoms with Crippen molar-refractivity contribution in [2.45, 2.75) is 25.6 Å². The first-order chi connectivity index (χ1) is 7.37. The summed E-state index contributed by atoms with van der Waals surface area (Å²) in [4.78, 5) is 1.29. The van der Waals surface area contributed by atoms with Crippen molar-refractivity contribution in [1.29, 1.82) is 0 Å². The third kappa shape index (κ3) is 8.94. The molecule has 0 aromatic carbocycles. The SMILES string of the molecule is COCCCNCC(C)N(C)CC(F)(F)F. The van der Waals surface area contributed by atoms with Crippen molar-refractivity contribution >= 4 is 0 Å². The molecule has 0 aliphatic heterocycles. The van der Waals surface area contributed by atoms with Gasteiger partial charge in [-0.1, -0.05) is 0 Å². The van der Waals surface area contributed by atoms with Crippen LogP contribution in [0.25, 0.3) is 0 Å². The normalized spacial score (nSPS) is 14.4. The lowest BCUT2D eigenvalue weighted by atomic mass is 10.3. The van der Waals surface area contributed by atoms with E-state index in [9.17, 15) is 13.2 Å². The van der Waals surface area contributed by atoms with E-state index in [1.54, 1.807) is 14.0 Å². The summed E-state index contributed by atoms with van der Waals surface area (Å²) in [6, 6.07) is -0.135. The van der Waals surface area contributed by atoms with Gasteiger partial charge in [-0.3, -0.25) is 4.90 Å². The van der Waals surface area contributed by atoms with Crippen LogP contribution in [0.2, 0.25) is 0 Å². The number of nitrogens with zero attached hydrogens (tertiary/aromatic N) is 1. The molecule has 0 saturated heterocycles. The van der Waals surface area contributed by atoms with Crippen molar-refractivity contribution < 1.29 is 17.9 Å². The summed E-state index contributed by atoms with van der Waals surface area (Å²) in [6.45, 7) is 2.89. The Morgan fingerprint density at radius 2 is 2.00 bits per heavy atom. The molecule has 3 nitrogen and oxygen atoms in total. The molecule has 1 unspecified atom stereocenters. The molecule has 0 aromatic heterocycles. The number of halogens is 3. The van der Waals surface area contributed by atoms with E-state index in [1.807, 2.05) is 0 Å². The second-order valence-electron chi connectivity index (χ2n) is 3.93. The first-order valence-electron chi connectivity index (χ1n) is 5.33. The zero-order chi connectivity index (χ0) is 12.6. The number of rotatable bonds is 8. The number of nitrogens with one attached hydrogen (secondary N) is 1. The molecule has 0 saturated carbocycles. The summed E-state index contributed by atoms with van der Waals surface area (Å²) in [6.07, 6.45) is -3.26. The van der Waals surface area contributed by atoms with Gasteiger partial charge in [-0.2, -0.15) is 13.2 Å². The zero-order valence-corrected chi connectivity index (χ0v) is 10.1. The molecule has 98 valence electrons. The summed E-state index contributed by atoms with van der Waals surface area (Å²) in [5.41, 5.74) is 0. The zero-order valence-electron chi connectivity index (χ0n) is 10.1. The third-order valence-electron chi connectivity index (χ3n) is 2.32. The van der Waals surface area contributed by atoms with Crippen LogP contribution in [-0.4, -0.2) is 57.5 Å². The van der Waals surface area contributed by atoms with Crippen molar-refractivity contribution in [2.24, 2.45) is 0 Å². The minimum Gasteiger partial charge on any atom is -0.385 e. The van der Waals surface area contributed by atoms with Crippen LogP contribution in [0, 0.1) is 0 Å². The average Bonchev–Trinajstić information content (AvgIpc) is 2.14. The molecule has 16 heavy (non-hydrogen) atoms. The largest absolute Gasteiger partial charge is 0.401 e. The second kappa shape index (κ2) is 7.86. The van der Waals surface area contributed by atoms with Crippen LogP contribution in [0.15, 0.2) is 0 Å². The van der Waals surface area contributed by atoms with Gasteiger partial charge in [0.25, 0.3) is 0 Å². The highest BCUT2D eigenvalue weighted by atomic mass is 19.4. The fourth-order valence-corrected chi connectivity index (χ4v) is 1.25. The molecular formula is C10H21F3N2O. The number of hydrogen-bond donors (Lipinski definition) is 1. The molecule has 0 rings (SSSR count). The monoisotopic (exact) mass is 242 g/mol. The number of likely N-dealkylation sites (N-methyl/N-ethyl adjacent to an activating group) is 1. The van der Waals surface area contributed by atoms with Crippen molar-refractivity contribution in [2.75, 3.05) is 40.4 Å². The van der Waals surface area contributed by atoms with Crippen molar-refractivity contribution in [3.05, 3.63) is 0 Å². The summed E-state index contributed by atoms with van der Waals surface area (Å²) < 4.78 is 41.1. The second-order valence-corrected chi connectivity index (χ2v) is 3.93. The molecule has 0 aromatic rings. The lowest BCUT2D eigenvalue weighted by molar-refractivity contribution is -0.146. The van der Waals surface area contributed by atoms with E-state index in [-0.39, 0.29) is 6.04 Å². The fourth-order valence-electron chi connectivity index (χ4n) is 1.25. The highest BCUT2D eigenvalue weighted by Crippen LogP contribution is 2.16. The molecule has 0 aliphatic carbocycles. The summed E-state index contributed by atoms with van der Waals surface area (Å²) in [5, 5.41) is 3.10. The maximum absolute atomic E-state index is 12.1. The van der Waals surface area contributed by atoms with Gasteiger partial charge in [0.15, 0.2) is 0 Å². The number of hydrogen-bond acceptors (Lipinski definition) is 3. The molecule has 1 atom stereocenters. The van der Waals surface area contributed by atoms with Gasteiger partial charge in [0.05, 0.1) is 6.54 Å². The van der Waals surface area contributed by atoms with Crippen LogP contribution in [0.4, 0.5) is 13.2 Å². The lowest BCUT2D eigenvalue weighted by Gasteiger charge is -2.25. The lowest BCUT2D eigenvalue weighted by Crippen LogP contribution is -2.42. The van der Waals surface area contributed by atoms with Gasteiger partial charge in [0.1, 0.15) is 0 Å². The van der Waals surface area contributed by atoms with E-state index >= 15 is 0 Å². The summed E-state index contributed by atoms with van der Waals surface area (Å²) in [5.74, 6) is 0. The number of alkyl halides is 3. The van der Waals surface area contributed by atoms with Crippen LogP contribution in [0.3, 0.4) is 0 Å². The Kier molecular flexibility index (Phi) is 7.70. The molecule has 0 bridgehead atoms. The molecular weight excluding hydrogens is 221 g/mol. The maximum Gasteiger partial charge on any atom is 0.401 e. The van der Waals surface area contributed by atoms with Gasteiger partial charge in [0, 0.05) is 26.3 Å². The van der Waals surface area contributed by atoms with Gasteiger partial charge in [0.2, 0.25) is 0 Å². The first-order valence-corrected chi connectivity index (χ1v) is 5.33. The van der Waals surface area contributed by atoms with Crippen LogP contribution >= 0.6 is 0 Å². The third-order valence-corrected chi connectivity index (χ3v) is 2.32. The topological polar surface area (TPSA) is 24.5 Å². The molecule has 0 heterocycles. The van der Waals surface area contributed by atoms with Crippen LogP contribution in [0.5, 0.6) is 0 Å². The Morgan fingerprint density at radius 3 is 2.50 bits per heavy atom. The van der Waals surface area contributed by atoms with Gasteiger partial charge in [-0.05, 0) is 26.9 Å².